The second kappa shape index (κ2) is 6.57. The van der Waals surface area contributed by atoms with E-state index in [9.17, 15) is 9.59 Å². The van der Waals surface area contributed by atoms with Crippen molar-refractivity contribution in [2.75, 3.05) is 13.6 Å². The van der Waals surface area contributed by atoms with Gasteiger partial charge in [0, 0.05) is 37.5 Å². The van der Waals surface area contributed by atoms with Gasteiger partial charge in [0.2, 0.25) is 11.8 Å². The van der Waals surface area contributed by atoms with E-state index in [-0.39, 0.29) is 17.2 Å². The van der Waals surface area contributed by atoms with Crippen molar-refractivity contribution < 1.29 is 9.59 Å². The molecule has 1 aromatic carbocycles. The number of rotatable bonds is 5. The predicted octanol–water partition coefficient (Wildman–Crippen LogP) is 2.65. The van der Waals surface area contributed by atoms with Gasteiger partial charge < -0.3 is 10.2 Å². The lowest BCUT2D eigenvalue weighted by Crippen LogP contribution is -2.46. The van der Waals surface area contributed by atoms with Crippen molar-refractivity contribution in [3.63, 3.8) is 0 Å². The van der Waals surface area contributed by atoms with E-state index < -0.39 is 0 Å². The second-order valence-electron chi connectivity index (χ2n) is 6.62. The Kier molecular flexibility index (Phi) is 4.51. The van der Waals surface area contributed by atoms with Crippen LogP contribution in [0.3, 0.4) is 0 Å². The molecule has 1 aliphatic heterocycles. The van der Waals surface area contributed by atoms with Crippen molar-refractivity contribution in [3.05, 3.63) is 47.7 Å². The fourth-order valence-electron chi connectivity index (χ4n) is 3.75. The Hall–Kier alpha value is -2.10. The van der Waals surface area contributed by atoms with Crippen molar-refractivity contribution in [1.82, 2.24) is 10.2 Å². The van der Waals surface area contributed by atoms with Gasteiger partial charge in [-0.15, -0.1) is 0 Å². The number of benzene rings is 1. The zero-order chi connectivity index (χ0) is 16.3. The summed E-state index contributed by atoms with van der Waals surface area (Å²) < 4.78 is 0. The van der Waals surface area contributed by atoms with Crippen LogP contribution in [0.4, 0.5) is 0 Å². The van der Waals surface area contributed by atoms with Gasteiger partial charge in [0.15, 0.2) is 0 Å². The molecular formula is C19H24N2O2. The molecule has 1 aliphatic carbocycles. The summed E-state index contributed by atoms with van der Waals surface area (Å²) in [7, 11) is 1.85. The van der Waals surface area contributed by atoms with Gasteiger partial charge in [-0.05, 0) is 31.2 Å². The van der Waals surface area contributed by atoms with Crippen molar-refractivity contribution in [2.45, 2.75) is 38.5 Å². The minimum atomic E-state index is -0.0366. The van der Waals surface area contributed by atoms with Crippen LogP contribution in [0.1, 0.15) is 37.7 Å². The first-order valence-corrected chi connectivity index (χ1v) is 8.39. The topological polar surface area (TPSA) is 49.4 Å². The van der Waals surface area contributed by atoms with Crippen LogP contribution in [0.5, 0.6) is 0 Å². The van der Waals surface area contributed by atoms with Gasteiger partial charge in [0.1, 0.15) is 0 Å². The third-order valence-corrected chi connectivity index (χ3v) is 5.16. The van der Waals surface area contributed by atoms with Gasteiger partial charge >= 0.3 is 0 Å². The average Bonchev–Trinajstić information content (AvgIpc) is 3.01. The molecule has 1 N–H and O–H groups in total. The van der Waals surface area contributed by atoms with E-state index in [0.29, 0.717) is 19.4 Å². The maximum absolute atomic E-state index is 12.2. The van der Waals surface area contributed by atoms with E-state index in [1.165, 1.54) is 5.56 Å². The number of amides is 2. The molecule has 3 rings (SSSR count). The van der Waals surface area contributed by atoms with E-state index in [0.717, 1.165) is 31.4 Å². The first-order valence-electron chi connectivity index (χ1n) is 8.39. The molecule has 0 radical (unpaired) electrons. The number of hydrogen-bond donors (Lipinski definition) is 1. The summed E-state index contributed by atoms with van der Waals surface area (Å²) in [5.41, 5.74) is 2.26. The highest BCUT2D eigenvalue weighted by molar-refractivity contribution is 5.80. The molecule has 0 bridgehead atoms. The molecule has 2 amide bonds. The first kappa shape index (κ1) is 15.8. The Labute approximate surface area is 137 Å². The molecule has 0 aromatic heterocycles. The van der Waals surface area contributed by atoms with Crippen LogP contribution < -0.4 is 5.32 Å². The summed E-state index contributed by atoms with van der Waals surface area (Å²) in [5, 5.41) is 3.10. The van der Waals surface area contributed by atoms with E-state index in [4.69, 9.17) is 0 Å². The summed E-state index contributed by atoms with van der Waals surface area (Å²) in [5.74, 6) is 0.276. The zero-order valence-corrected chi connectivity index (χ0v) is 13.7. The van der Waals surface area contributed by atoms with Gasteiger partial charge in [-0.3, -0.25) is 9.59 Å². The van der Waals surface area contributed by atoms with Crippen LogP contribution in [0.15, 0.2) is 42.1 Å². The largest absolute Gasteiger partial charge is 0.355 e. The first-order chi connectivity index (χ1) is 11.1. The molecular weight excluding hydrogens is 288 g/mol. The third-order valence-electron chi connectivity index (χ3n) is 5.16. The van der Waals surface area contributed by atoms with Crippen LogP contribution in [0.25, 0.3) is 0 Å². The quantitative estimate of drug-likeness (QED) is 0.908. The minimum absolute atomic E-state index is 0.0366. The number of nitrogens with zero attached hydrogens (tertiary/aromatic N) is 1. The number of piperidine rings is 1. The lowest BCUT2D eigenvalue weighted by Gasteiger charge is -2.41. The second-order valence-corrected chi connectivity index (χ2v) is 6.62. The maximum Gasteiger partial charge on any atom is 0.226 e. The van der Waals surface area contributed by atoms with Gasteiger partial charge in [0.25, 0.3) is 0 Å². The molecule has 0 spiro atoms. The smallest absolute Gasteiger partial charge is 0.226 e. The summed E-state index contributed by atoms with van der Waals surface area (Å²) in [6, 6.07) is 10.1. The maximum atomic E-state index is 12.2. The Morgan fingerprint density at radius 2 is 2.04 bits per heavy atom. The highest BCUT2D eigenvalue weighted by Crippen LogP contribution is 2.46. The zero-order valence-electron chi connectivity index (χ0n) is 13.7. The van der Waals surface area contributed by atoms with Crippen molar-refractivity contribution >= 4 is 11.8 Å². The summed E-state index contributed by atoms with van der Waals surface area (Å²) in [4.78, 5) is 25.8. The fourth-order valence-corrected chi connectivity index (χ4v) is 3.75. The van der Waals surface area contributed by atoms with Gasteiger partial charge in [-0.2, -0.15) is 0 Å². The number of aryl methyl sites for hydroxylation is 1. The number of hydrogen-bond acceptors (Lipinski definition) is 2. The Balaban J connectivity index is 1.54. The van der Waals surface area contributed by atoms with Gasteiger partial charge in [-0.1, -0.05) is 36.4 Å². The molecule has 1 unspecified atom stereocenters. The molecule has 1 fully saturated rings. The molecule has 2 aliphatic rings. The molecule has 1 saturated heterocycles. The van der Waals surface area contributed by atoms with Crippen molar-refractivity contribution in [1.29, 1.82) is 0 Å². The molecule has 4 heteroatoms. The lowest BCUT2D eigenvalue weighted by atomic mass is 9.77. The van der Waals surface area contributed by atoms with E-state index >= 15 is 0 Å². The number of fused-ring (bicyclic) bond motifs is 1. The molecule has 1 atom stereocenters. The van der Waals surface area contributed by atoms with E-state index in [1.807, 2.05) is 37.4 Å². The molecule has 1 heterocycles. The molecule has 4 nitrogen and oxygen atoms in total. The number of likely N-dealkylation sites (tertiary alicyclic amines) is 1. The SMILES string of the molecule is CN1C(=O)CCC2(CNC(=O)CCc3ccccc3)CCC=C12. The molecule has 0 saturated carbocycles. The van der Waals surface area contributed by atoms with Gasteiger partial charge in [-0.25, -0.2) is 0 Å². The predicted molar refractivity (Wildman–Crippen MR) is 89.5 cm³/mol. The number of nitrogens with one attached hydrogen (secondary N) is 1. The van der Waals surface area contributed by atoms with Crippen molar-refractivity contribution in [2.24, 2.45) is 5.41 Å². The minimum Gasteiger partial charge on any atom is -0.355 e. The van der Waals surface area contributed by atoms with Crippen LogP contribution in [0.2, 0.25) is 0 Å². The monoisotopic (exact) mass is 312 g/mol. The summed E-state index contributed by atoms with van der Waals surface area (Å²) in [6.45, 7) is 0.643. The number of allylic oxidation sites excluding steroid dienone is 1. The molecule has 122 valence electrons. The van der Waals surface area contributed by atoms with E-state index in [1.54, 1.807) is 4.90 Å². The van der Waals surface area contributed by atoms with Gasteiger partial charge in [0.05, 0.1) is 0 Å². The number of carbonyl (C=O) groups excluding carboxylic acids is 2. The van der Waals surface area contributed by atoms with Crippen LogP contribution >= 0.6 is 0 Å². The Bertz CT molecular complexity index is 624. The van der Waals surface area contributed by atoms with Crippen LogP contribution in [0, 0.1) is 5.41 Å². The highest BCUT2D eigenvalue weighted by Gasteiger charge is 2.44. The number of carbonyl (C=O) groups is 2. The summed E-state index contributed by atoms with van der Waals surface area (Å²) >= 11 is 0. The highest BCUT2D eigenvalue weighted by atomic mass is 16.2. The Morgan fingerprint density at radius 3 is 2.83 bits per heavy atom. The average molecular weight is 312 g/mol. The fraction of sp³-hybridized carbons (Fsp3) is 0.474. The Morgan fingerprint density at radius 1 is 1.26 bits per heavy atom. The van der Waals surface area contributed by atoms with Crippen LogP contribution in [-0.4, -0.2) is 30.3 Å². The standard InChI is InChI=1S/C19H24N2O2/c1-21-16-8-5-12-19(16,13-11-18(21)23)14-20-17(22)10-9-15-6-3-2-4-7-15/h2-4,6-8H,5,9-14H2,1H3,(H,20,22). The lowest BCUT2D eigenvalue weighted by molar-refractivity contribution is -0.132. The normalized spacial score (nSPS) is 23.4. The van der Waals surface area contributed by atoms with Crippen molar-refractivity contribution in [3.8, 4) is 0 Å². The third kappa shape index (κ3) is 3.31. The van der Waals surface area contributed by atoms with Crippen LogP contribution in [-0.2, 0) is 16.0 Å². The molecule has 1 aromatic rings. The molecule has 23 heavy (non-hydrogen) atoms. The van der Waals surface area contributed by atoms with E-state index in [2.05, 4.69) is 11.4 Å². The summed E-state index contributed by atoms with van der Waals surface area (Å²) in [6.07, 6.45) is 6.88.